The molecule has 0 saturated carbocycles. The Kier molecular flexibility index (Phi) is 3.90. The van der Waals surface area contributed by atoms with Crippen molar-refractivity contribution in [3.05, 3.63) is 53.8 Å². The molecule has 2 aromatic carbocycles. The minimum atomic E-state index is -0.277. The number of nitrogen functional groups attached to an aromatic ring is 1. The molecule has 0 unspecified atom stereocenters. The Balaban J connectivity index is 2.13. The molecule has 2 rings (SSSR count). The number of hydrogen-bond acceptors (Lipinski definition) is 3. The lowest BCUT2D eigenvalue weighted by molar-refractivity contribution is 0.415. The van der Waals surface area contributed by atoms with Gasteiger partial charge < -0.3 is 15.4 Å². The number of methoxy groups -OCH3 is 1. The first-order valence-corrected chi connectivity index (χ1v) is 5.99. The van der Waals surface area contributed by atoms with Crippen LogP contribution < -0.4 is 15.4 Å². The number of halogens is 1. The van der Waals surface area contributed by atoms with Crippen LogP contribution in [0.4, 0.5) is 15.8 Å². The molecule has 0 amide bonds. The van der Waals surface area contributed by atoms with Gasteiger partial charge in [0.15, 0.2) is 0 Å². The van der Waals surface area contributed by atoms with E-state index in [-0.39, 0.29) is 5.82 Å². The van der Waals surface area contributed by atoms with Crippen molar-refractivity contribution in [3.63, 3.8) is 0 Å². The zero-order valence-corrected chi connectivity index (χ0v) is 11.1. The van der Waals surface area contributed by atoms with E-state index in [1.165, 1.54) is 6.07 Å². The highest BCUT2D eigenvalue weighted by atomic mass is 19.1. The molecule has 0 bridgehead atoms. The van der Waals surface area contributed by atoms with E-state index in [0.29, 0.717) is 17.8 Å². The molecule has 2 aromatic rings. The molecule has 0 aliphatic carbocycles. The third-order valence-corrected chi connectivity index (χ3v) is 3.00. The maximum absolute atomic E-state index is 13.7. The summed E-state index contributed by atoms with van der Waals surface area (Å²) in [5.74, 6) is 0.524. The van der Waals surface area contributed by atoms with Crippen LogP contribution in [-0.2, 0) is 6.54 Å². The zero-order valence-electron chi connectivity index (χ0n) is 11.1. The third-order valence-electron chi connectivity index (χ3n) is 3.00. The van der Waals surface area contributed by atoms with E-state index in [9.17, 15) is 4.39 Å². The highest BCUT2D eigenvalue weighted by Gasteiger charge is 2.07. The average Bonchev–Trinajstić information content (AvgIpc) is 2.42. The number of nitrogens with zero attached hydrogens (tertiary/aromatic N) is 1. The molecule has 3 nitrogen and oxygen atoms in total. The number of benzene rings is 2. The molecule has 0 spiro atoms. The van der Waals surface area contributed by atoms with Gasteiger partial charge in [0.05, 0.1) is 7.11 Å². The van der Waals surface area contributed by atoms with Gasteiger partial charge in [-0.15, -0.1) is 0 Å². The monoisotopic (exact) mass is 260 g/mol. The van der Waals surface area contributed by atoms with Crippen LogP contribution in [0.5, 0.6) is 5.75 Å². The lowest BCUT2D eigenvalue weighted by Gasteiger charge is -2.20. The molecule has 0 aliphatic heterocycles. The summed E-state index contributed by atoms with van der Waals surface area (Å²) in [7, 11) is 3.54. The number of nitrogens with two attached hydrogens (primary N) is 1. The van der Waals surface area contributed by atoms with Crippen LogP contribution in [0.15, 0.2) is 42.5 Å². The highest BCUT2D eigenvalue weighted by Crippen LogP contribution is 2.21. The molecule has 0 aromatic heterocycles. The number of hydrogen-bond donors (Lipinski definition) is 1. The van der Waals surface area contributed by atoms with Crippen molar-refractivity contribution in [1.29, 1.82) is 0 Å². The summed E-state index contributed by atoms with van der Waals surface area (Å²) in [6.07, 6.45) is 0. The maximum atomic E-state index is 13.7. The smallest absolute Gasteiger partial charge is 0.130 e. The minimum Gasteiger partial charge on any atom is -0.497 e. The van der Waals surface area contributed by atoms with Crippen molar-refractivity contribution >= 4 is 11.4 Å². The van der Waals surface area contributed by atoms with E-state index in [0.717, 1.165) is 11.4 Å². The largest absolute Gasteiger partial charge is 0.497 e. The molecule has 0 aliphatic rings. The Hall–Kier alpha value is -2.23. The molecular formula is C15H17FN2O. The second kappa shape index (κ2) is 5.61. The summed E-state index contributed by atoms with van der Waals surface area (Å²) in [6.45, 7) is 0.485. The Morgan fingerprint density at radius 2 is 1.84 bits per heavy atom. The molecule has 0 saturated heterocycles. The summed E-state index contributed by atoms with van der Waals surface area (Å²) in [4.78, 5) is 1.97. The van der Waals surface area contributed by atoms with Gasteiger partial charge in [0.25, 0.3) is 0 Å². The topological polar surface area (TPSA) is 38.5 Å². The van der Waals surface area contributed by atoms with Crippen molar-refractivity contribution in [3.8, 4) is 5.75 Å². The van der Waals surface area contributed by atoms with Gasteiger partial charge in [-0.25, -0.2) is 4.39 Å². The van der Waals surface area contributed by atoms with Gasteiger partial charge >= 0.3 is 0 Å². The highest BCUT2D eigenvalue weighted by molar-refractivity contribution is 5.49. The number of ether oxygens (including phenoxy) is 1. The second-order valence-electron chi connectivity index (χ2n) is 4.40. The van der Waals surface area contributed by atoms with Crippen molar-refractivity contribution < 1.29 is 9.13 Å². The van der Waals surface area contributed by atoms with Crippen LogP contribution in [0.1, 0.15) is 5.56 Å². The lowest BCUT2D eigenvalue weighted by atomic mass is 10.1. The number of rotatable bonds is 4. The third kappa shape index (κ3) is 3.16. The van der Waals surface area contributed by atoms with Crippen LogP contribution in [0.2, 0.25) is 0 Å². The van der Waals surface area contributed by atoms with Crippen LogP contribution in [0.25, 0.3) is 0 Å². The molecule has 0 fully saturated rings. The molecule has 19 heavy (non-hydrogen) atoms. The van der Waals surface area contributed by atoms with Gasteiger partial charge in [-0.2, -0.15) is 0 Å². The first-order chi connectivity index (χ1) is 9.10. The quantitative estimate of drug-likeness (QED) is 0.859. The van der Waals surface area contributed by atoms with Crippen molar-refractivity contribution in [2.75, 3.05) is 24.8 Å². The minimum absolute atomic E-state index is 0.277. The lowest BCUT2D eigenvalue weighted by Crippen LogP contribution is -2.17. The Morgan fingerprint density at radius 3 is 2.42 bits per heavy atom. The average molecular weight is 260 g/mol. The number of anilines is 2. The SMILES string of the molecule is COc1ccc(N(C)Cc2ccc(N)cc2F)cc1. The van der Waals surface area contributed by atoms with Crippen LogP contribution in [-0.4, -0.2) is 14.2 Å². The van der Waals surface area contributed by atoms with E-state index >= 15 is 0 Å². The fraction of sp³-hybridized carbons (Fsp3) is 0.200. The summed E-state index contributed by atoms with van der Waals surface area (Å²) in [5.41, 5.74) is 7.59. The first kappa shape index (κ1) is 13.2. The summed E-state index contributed by atoms with van der Waals surface area (Å²) < 4.78 is 18.8. The van der Waals surface area contributed by atoms with Crippen molar-refractivity contribution in [2.45, 2.75) is 6.54 Å². The Morgan fingerprint density at radius 1 is 1.16 bits per heavy atom. The van der Waals surface area contributed by atoms with Crippen LogP contribution >= 0.6 is 0 Å². The Bertz CT molecular complexity index is 555. The molecule has 100 valence electrons. The predicted octanol–water partition coefficient (Wildman–Crippen LogP) is 3.05. The second-order valence-corrected chi connectivity index (χ2v) is 4.40. The van der Waals surface area contributed by atoms with E-state index in [1.807, 2.05) is 36.2 Å². The standard InChI is InChI=1S/C15H17FN2O/c1-18(13-5-7-14(19-2)8-6-13)10-11-3-4-12(17)9-15(11)16/h3-9H,10,17H2,1-2H3. The molecule has 4 heteroatoms. The summed E-state index contributed by atoms with van der Waals surface area (Å²) >= 11 is 0. The van der Waals surface area contributed by atoms with E-state index in [4.69, 9.17) is 10.5 Å². The van der Waals surface area contributed by atoms with Gasteiger partial charge in [-0.05, 0) is 36.4 Å². The normalized spacial score (nSPS) is 10.3. The van der Waals surface area contributed by atoms with Gasteiger partial charge in [-0.1, -0.05) is 6.07 Å². The summed E-state index contributed by atoms with van der Waals surface area (Å²) in [6, 6.07) is 12.4. The van der Waals surface area contributed by atoms with E-state index in [1.54, 1.807) is 19.2 Å². The predicted molar refractivity (Wildman–Crippen MR) is 75.9 cm³/mol. The van der Waals surface area contributed by atoms with Gasteiger partial charge in [0, 0.05) is 30.5 Å². The van der Waals surface area contributed by atoms with E-state index < -0.39 is 0 Å². The fourth-order valence-electron chi connectivity index (χ4n) is 1.88. The van der Waals surface area contributed by atoms with Gasteiger partial charge in [0.2, 0.25) is 0 Å². The van der Waals surface area contributed by atoms with Gasteiger partial charge in [0.1, 0.15) is 11.6 Å². The molecule has 0 radical (unpaired) electrons. The van der Waals surface area contributed by atoms with E-state index in [2.05, 4.69) is 0 Å². The molecule has 2 N–H and O–H groups in total. The first-order valence-electron chi connectivity index (χ1n) is 5.99. The maximum Gasteiger partial charge on any atom is 0.130 e. The summed E-state index contributed by atoms with van der Waals surface area (Å²) in [5, 5.41) is 0. The zero-order chi connectivity index (χ0) is 13.8. The molecule has 0 heterocycles. The van der Waals surface area contributed by atoms with Crippen molar-refractivity contribution in [2.24, 2.45) is 0 Å². The van der Waals surface area contributed by atoms with Crippen LogP contribution in [0, 0.1) is 5.82 Å². The molecule has 0 atom stereocenters. The fourth-order valence-corrected chi connectivity index (χ4v) is 1.88. The van der Waals surface area contributed by atoms with Gasteiger partial charge in [-0.3, -0.25) is 0 Å². The Labute approximate surface area is 112 Å². The van der Waals surface area contributed by atoms with Crippen molar-refractivity contribution in [1.82, 2.24) is 0 Å². The van der Waals surface area contributed by atoms with Crippen LogP contribution in [0.3, 0.4) is 0 Å². The molecular weight excluding hydrogens is 243 g/mol.